The molecule has 1 aromatic heterocycles. The minimum absolute atomic E-state index is 0.0491. The molecule has 0 fully saturated rings. The maximum absolute atomic E-state index is 16.0. The van der Waals surface area contributed by atoms with Crippen molar-refractivity contribution in [3.05, 3.63) is 99.8 Å². The fourth-order valence-corrected chi connectivity index (χ4v) is 5.00. The van der Waals surface area contributed by atoms with Crippen LogP contribution in [-0.4, -0.2) is 49.9 Å². The molecular weight excluding hydrogens is 505 g/mol. The Morgan fingerprint density at radius 1 is 1.05 bits per heavy atom. The second-order valence-electron chi connectivity index (χ2n) is 9.39. The van der Waals surface area contributed by atoms with Crippen LogP contribution in [0.5, 0.6) is 11.6 Å². The number of ether oxygens (including phenoxy) is 2. The number of aromatic nitrogens is 1. The van der Waals surface area contributed by atoms with Gasteiger partial charge >= 0.3 is 0 Å². The van der Waals surface area contributed by atoms with E-state index in [1.54, 1.807) is 60.7 Å². The summed E-state index contributed by atoms with van der Waals surface area (Å²) in [5.41, 5.74) is 0.612. The van der Waals surface area contributed by atoms with Crippen molar-refractivity contribution >= 4 is 22.5 Å². The maximum Gasteiger partial charge on any atom is 0.217 e. The molecule has 0 aliphatic rings. The molecule has 196 valence electrons. The Morgan fingerprint density at radius 2 is 1.82 bits per heavy atom. The van der Waals surface area contributed by atoms with Crippen LogP contribution in [0.1, 0.15) is 34.6 Å². The molecule has 6 nitrogen and oxygen atoms in total. The first kappa shape index (κ1) is 27.3. The molecule has 0 amide bonds. The van der Waals surface area contributed by atoms with Gasteiger partial charge in [0.05, 0.1) is 37.3 Å². The number of halogens is 2. The van der Waals surface area contributed by atoms with Gasteiger partial charge in [0.15, 0.2) is 11.6 Å². The Labute approximate surface area is 226 Å². The molecule has 4 aromatic rings. The number of benzene rings is 3. The third kappa shape index (κ3) is 5.30. The summed E-state index contributed by atoms with van der Waals surface area (Å²) in [7, 11) is 6.69. The smallest absolute Gasteiger partial charge is 0.217 e. The third-order valence-corrected chi connectivity index (χ3v) is 6.94. The lowest BCUT2D eigenvalue weighted by atomic mass is 9.71. The van der Waals surface area contributed by atoms with E-state index in [1.165, 1.54) is 20.3 Å². The van der Waals surface area contributed by atoms with E-state index in [0.717, 1.165) is 0 Å². The van der Waals surface area contributed by atoms with Crippen LogP contribution in [0.3, 0.4) is 0 Å². The molecular formula is C30H29ClFN3O3. The summed E-state index contributed by atoms with van der Waals surface area (Å²) in [5, 5.41) is 23.2. The van der Waals surface area contributed by atoms with Gasteiger partial charge in [-0.05, 0) is 68.5 Å². The average Bonchev–Trinajstić information content (AvgIpc) is 2.92. The molecule has 3 aromatic carbocycles. The first-order chi connectivity index (χ1) is 18.2. The van der Waals surface area contributed by atoms with Crippen molar-refractivity contribution in [1.29, 1.82) is 5.26 Å². The van der Waals surface area contributed by atoms with Crippen molar-refractivity contribution < 1.29 is 19.0 Å². The standard InChI is InChI=1S/C30H29ClFN3O3/c1-35(2)14-13-30(36,21-7-5-8-22(31)17-21)27(23-9-6-10-26(37-3)28(23)32)24-16-20-15-19(18-33)11-12-25(20)34-29(24)38-4/h5-12,15-17,27,36H,13-14H2,1-4H3. The van der Waals surface area contributed by atoms with E-state index in [0.29, 0.717) is 39.2 Å². The molecule has 8 heteroatoms. The van der Waals surface area contributed by atoms with Gasteiger partial charge in [0.25, 0.3) is 0 Å². The monoisotopic (exact) mass is 533 g/mol. The molecule has 0 aliphatic carbocycles. The molecule has 0 spiro atoms. The highest BCUT2D eigenvalue weighted by atomic mass is 35.5. The van der Waals surface area contributed by atoms with E-state index in [1.807, 2.05) is 19.0 Å². The number of hydrogen-bond donors (Lipinski definition) is 1. The van der Waals surface area contributed by atoms with Crippen molar-refractivity contribution in [2.45, 2.75) is 17.9 Å². The van der Waals surface area contributed by atoms with Gasteiger partial charge in [0.1, 0.15) is 5.60 Å². The SMILES string of the molecule is COc1cccc(C(c2cc3cc(C#N)ccc3nc2OC)C(O)(CCN(C)C)c2cccc(Cl)c2)c1F. The summed E-state index contributed by atoms with van der Waals surface area (Å²) in [4.78, 5) is 6.62. The fourth-order valence-electron chi connectivity index (χ4n) is 4.81. The van der Waals surface area contributed by atoms with Gasteiger partial charge in [-0.2, -0.15) is 5.26 Å². The highest BCUT2D eigenvalue weighted by Gasteiger charge is 2.44. The van der Waals surface area contributed by atoms with Crippen LogP contribution in [0.4, 0.5) is 4.39 Å². The zero-order valence-electron chi connectivity index (χ0n) is 21.7. The molecule has 2 atom stereocenters. The van der Waals surface area contributed by atoms with E-state index in [2.05, 4.69) is 11.1 Å². The molecule has 0 saturated heterocycles. The van der Waals surface area contributed by atoms with E-state index in [-0.39, 0.29) is 23.6 Å². The Balaban J connectivity index is 2.10. The van der Waals surface area contributed by atoms with Crippen molar-refractivity contribution in [3.8, 4) is 17.7 Å². The molecule has 2 unspecified atom stereocenters. The summed E-state index contributed by atoms with van der Waals surface area (Å²) in [6.07, 6.45) is 0.237. The summed E-state index contributed by atoms with van der Waals surface area (Å²) in [6, 6.07) is 20.9. The zero-order chi connectivity index (χ0) is 27.4. The number of aliphatic hydroxyl groups is 1. The van der Waals surface area contributed by atoms with Crippen LogP contribution in [0.25, 0.3) is 10.9 Å². The Kier molecular flexibility index (Phi) is 8.17. The largest absolute Gasteiger partial charge is 0.494 e. The van der Waals surface area contributed by atoms with E-state index in [9.17, 15) is 10.4 Å². The first-order valence-corrected chi connectivity index (χ1v) is 12.4. The lowest BCUT2D eigenvalue weighted by molar-refractivity contribution is 0.00282. The molecule has 38 heavy (non-hydrogen) atoms. The fraction of sp³-hybridized carbons (Fsp3) is 0.267. The average molecular weight is 534 g/mol. The van der Waals surface area contributed by atoms with Gasteiger partial charge in [0, 0.05) is 28.1 Å². The highest BCUT2D eigenvalue weighted by molar-refractivity contribution is 6.30. The third-order valence-electron chi connectivity index (χ3n) is 6.71. The highest BCUT2D eigenvalue weighted by Crippen LogP contribution is 2.49. The van der Waals surface area contributed by atoms with Gasteiger partial charge in [-0.1, -0.05) is 35.9 Å². The van der Waals surface area contributed by atoms with Crippen molar-refractivity contribution in [3.63, 3.8) is 0 Å². The van der Waals surface area contributed by atoms with E-state index >= 15 is 4.39 Å². The van der Waals surface area contributed by atoms with Gasteiger partial charge in [-0.3, -0.25) is 0 Å². The molecule has 4 rings (SSSR count). The molecule has 0 saturated carbocycles. The Morgan fingerprint density at radius 3 is 2.47 bits per heavy atom. The molecule has 1 heterocycles. The molecule has 0 bridgehead atoms. The van der Waals surface area contributed by atoms with E-state index in [4.69, 9.17) is 21.1 Å². The summed E-state index contributed by atoms with van der Waals surface area (Å²) in [6.45, 7) is 0.493. The second-order valence-corrected chi connectivity index (χ2v) is 9.83. The van der Waals surface area contributed by atoms with Gasteiger partial charge in [-0.15, -0.1) is 0 Å². The number of nitrogens with zero attached hydrogens (tertiary/aromatic N) is 3. The number of nitriles is 1. The van der Waals surface area contributed by atoms with Crippen LogP contribution in [-0.2, 0) is 5.60 Å². The van der Waals surface area contributed by atoms with Crippen molar-refractivity contribution in [2.24, 2.45) is 0 Å². The van der Waals surface area contributed by atoms with Gasteiger partial charge in [0.2, 0.25) is 5.88 Å². The van der Waals surface area contributed by atoms with Crippen LogP contribution >= 0.6 is 11.6 Å². The van der Waals surface area contributed by atoms with E-state index < -0.39 is 17.3 Å². The van der Waals surface area contributed by atoms with Crippen molar-refractivity contribution in [2.75, 3.05) is 34.9 Å². The number of pyridine rings is 1. The van der Waals surface area contributed by atoms with Crippen molar-refractivity contribution in [1.82, 2.24) is 9.88 Å². The van der Waals surface area contributed by atoms with Gasteiger partial charge < -0.3 is 19.5 Å². The number of fused-ring (bicyclic) bond motifs is 1. The maximum atomic E-state index is 16.0. The summed E-state index contributed by atoms with van der Waals surface area (Å²) >= 11 is 6.38. The molecule has 0 radical (unpaired) electrons. The quantitative estimate of drug-likeness (QED) is 0.289. The number of methoxy groups -OCH3 is 2. The predicted octanol–water partition coefficient (Wildman–Crippen LogP) is 5.89. The van der Waals surface area contributed by atoms with Crippen LogP contribution in [0, 0.1) is 17.1 Å². The second kappa shape index (κ2) is 11.4. The topological polar surface area (TPSA) is 78.6 Å². The lowest BCUT2D eigenvalue weighted by Gasteiger charge is -2.39. The number of rotatable bonds is 9. The lowest BCUT2D eigenvalue weighted by Crippen LogP contribution is -2.38. The molecule has 0 aliphatic heterocycles. The minimum atomic E-state index is -1.64. The predicted molar refractivity (Wildman–Crippen MR) is 146 cm³/mol. The van der Waals surface area contributed by atoms with Crippen LogP contribution < -0.4 is 9.47 Å². The first-order valence-electron chi connectivity index (χ1n) is 12.1. The minimum Gasteiger partial charge on any atom is -0.494 e. The normalized spacial score (nSPS) is 13.7. The van der Waals surface area contributed by atoms with Gasteiger partial charge in [-0.25, -0.2) is 9.37 Å². The number of hydrogen-bond acceptors (Lipinski definition) is 6. The Bertz CT molecular complexity index is 1500. The summed E-state index contributed by atoms with van der Waals surface area (Å²) in [5.74, 6) is -1.29. The van der Waals surface area contributed by atoms with Crippen LogP contribution in [0.15, 0.2) is 66.7 Å². The molecule has 1 N–H and O–H groups in total. The van der Waals surface area contributed by atoms with Crippen LogP contribution in [0.2, 0.25) is 5.02 Å². The summed E-state index contributed by atoms with van der Waals surface area (Å²) < 4.78 is 27.0. The zero-order valence-corrected chi connectivity index (χ0v) is 22.5. The Hall–Kier alpha value is -3.70.